The standard InChI is InChI=1S/C15H20BrN3S/c1-4-13-14(9-17-2)20-15(18-13)19(3)10-11-7-5-6-8-12(11)16/h5-8,17H,4,9-10H2,1-3H3. The summed E-state index contributed by atoms with van der Waals surface area (Å²) >= 11 is 5.38. The van der Waals surface area contributed by atoms with E-state index in [-0.39, 0.29) is 0 Å². The highest BCUT2D eigenvalue weighted by Gasteiger charge is 2.13. The first kappa shape index (κ1) is 15.5. The number of benzene rings is 1. The average Bonchev–Trinajstić information content (AvgIpc) is 2.85. The fourth-order valence-corrected chi connectivity index (χ4v) is 3.59. The van der Waals surface area contributed by atoms with E-state index < -0.39 is 0 Å². The van der Waals surface area contributed by atoms with E-state index in [4.69, 9.17) is 4.98 Å². The molecule has 0 aliphatic heterocycles. The monoisotopic (exact) mass is 353 g/mol. The van der Waals surface area contributed by atoms with Crippen molar-refractivity contribution >= 4 is 32.4 Å². The van der Waals surface area contributed by atoms with Crippen molar-refractivity contribution in [1.82, 2.24) is 10.3 Å². The molecule has 3 nitrogen and oxygen atoms in total. The zero-order valence-corrected chi connectivity index (χ0v) is 14.5. The Morgan fingerprint density at radius 3 is 2.75 bits per heavy atom. The molecule has 1 aromatic carbocycles. The Morgan fingerprint density at radius 1 is 1.35 bits per heavy atom. The molecule has 0 radical (unpaired) electrons. The first-order chi connectivity index (χ1) is 9.65. The lowest BCUT2D eigenvalue weighted by Crippen LogP contribution is -2.16. The summed E-state index contributed by atoms with van der Waals surface area (Å²) in [6, 6.07) is 8.33. The van der Waals surface area contributed by atoms with Gasteiger partial charge in [0, 0.05) is 29.5 Å². The minimum atomic E-state index is 0.858. The molecular formula is C15H20BrN3S. The van der Waals surface area contributed by atoms with Crippen molar-refractivity contribution in [2.45, 2.75) is 26.4 Å². The number of hydrogen-bond donors (Lipinski definition) is 1. The van der Waals surface area contributed by atoms with Gasteiger partial charge in [-0.25, -0.2) is 4.98 Å². The molecule has 1 N–H and O–H groups in total. The third-order valence-corrected chi connectivity index (χ3v) is 5.12. The third-order valence-electron chi connectivity index (χ3n) is 3.13. The van der Waals surface area contributed by atoms with Gasteiger partial charge in [-0.1, -0.05) is 41.1 Å². The molecule has 0 fully saturated rings. The maximum atomic E-state index is 4.76. The summed E-state index contributed by atoms with van der Waals surface area (Å²) in [5.74, 6) is 0. The van der Waals surface area contributed by atoms with Crippen molar-refractivity contribution in [3.8, 4) is 0 Å². The second-order valence-electron chi connectivity index (χ2n) is 4.70. The lowest BCUT2D eigenvalue weighted by Gasteiger charge is -2.16. The van der Waals surface area contributed by atoms with Crippen molar-refractivity contribution < 1.29 is 0 Å². The molecule has 0 atom stereocenters. The van der Waals surface area contributed by atoms with Gasteiger partial charge in [0.15, 0.2) is 5.13 Å². The van der Waals surface area contributed by atoms with Crippen LogP contribution >= 0.6 is 27.3 Å². The molecule has 5 heteroatoms. The first-order valence-corrected chi connectivity index (χ1v) is 8.34. The molecule has 108 valence electrons. The van der Waals surface area contributed by atoms with Crippen molar-refractivity contribution in [2.75, 3.05) is 19.0 Å². The normalized spacial score (nSPS) is 10.8. The summed E-state index contributed by atoms with van der Waals surface area (Å²) in [6.07, 6.45) is 0.983. The number of hydrogen-bond acceptors (Lipinski definition) is 4. The van der Waals surface area contributed by atoms with Crippen molar-refractivity contribution in [1.29, 1.82) is 0 Å². The van der Waals surface area contributed by atoms with Crippen molar-refractivity contribution in [3.05, 3.63) is 44.9 Å². The van der Waals surface area contributed by atoms with Gasteiger partial charge < -0.3 is 10.2 Å². The number of rotatable bonds is 6. The second kappa shape index (κ2) is 7.20. The lowest BCUT2D eigenvalue weighted by atomic mass is 10.2. The Kier molecular flexibility index (Phi) is 5.57. The molecule has 0 amide bonds. The first-order valence-electron chi connectivity index (χ1n) is 6.73. The molecule has 0 aliphatic carbocycles. The van der Waals surface area contributed by atoms with Crippen molar-refractivity contribution in [3.63, 3.8) is 0 Å². The van der Waals surface area contributed by atoms with Crippen LogP contribution in [0.2, 0.25) is 0 Å². The number of nitrogens with one attached hydrogen (secondary N) is 1. The van der Waals surface area contributed by atoms with Gasteiger partial charge in [-0.15, -0.1) is 11.3 Å². The summed E-state index contributed by atoms with van der Waals surface area (Å²) < 4.78 is 1.15. The summed E-state index contributed by atoms with van der Waals surface area (Å²) in [4.78, 5) is 8.31. The molecule has 0 bridgehead atoms. The van der Waals surface area contributed by atoms with Gasteiger partial charge in [0.2, 0.25) is 0 Å². The molecule has 20 heavy (non-hydrogen) atoms. The molecule has 0 saturated carbocycles. The molecule has 1 aromatic heterocycles. The number of aryl methyl sites for hydroxylation is 1. The molecule has 2 rings (SSSR count). The smallest absolute Gasteiger partial charge is 0.185 e. The van der Waals surface area contributed by atoms with Gasteiger partial charge >= 0.3 is 0 Å². The van der Waals surface area contributed by atoms with Crippen LogP contribution in [0.5, 0.6) is 0 Å². The van der Waals surface area contributed by atoms with Crippen LogP contribution in [0, 0.1) is 0 Å². The molecule has 0 unspecified atom stereocenters. The summed E-state index contributed by atoms with van der Waals surface area (Å²) in [6.45, 7) is 3.91. The van der Waals surface area contributed by atoms with E-state index >= 15 is 0 Å². The highest BCUT2D eigenvalue weighted by Crippen LogP contribution is 2.28. The summed E-state index contributed by atoms with van der Waals surface area (Å²) in [5, 5.41) is 4.30. The van der Waals surface area contributed by atoms with Crippen molar-refractivity contribution in [2.24, 2.45) is 0 Å². The Labute approximate surface area is 133 Å². The summed E-state index contributed by atoms with van der Waals surface area (Å²) in [7, 11) is 4.07. The molecule has 0 spiro atoms. The van der Waals surface area contributed by atoms with E-state index in [1.165, 1.54) is 16.1 Å². The maximum Gasteiger partial charge on any atom is 0.185 e. The average molecular weight is 354 g/mol. The van der Waals surface area contributed by atoms with Crippen LogP contribution in [0.4, 0.5) is 5.13 Å². The Hall–Kier alpha value is -0.910. The van der Waals surface area contributed by atoms with Gasteiger partial charge in [0.25, 0.3) is 0 Å². The van der Waals surface area contributed by atoms with Crippen LogP contribution in [0.1, 0.15) is 23.1 Å². The largest absolute Gasteiger partial charge is 0.347 e. The number of anilines is 1. The number of thiazole rings is 1. The van der Waals surface area contributed by atoms with Crippen LogP contribution in [-0.4, -0.2) is 19.1 Å². The third kappa shape index (κ3) is 3.59. The molecular weight excluding hydrogens is 334 g/mol. The van der Waals surface area contributed by atoms with E-state index in [2.05, 4.69) is 58.3 Å². The summed E-state index contributed by atoms with van der Waals surface area (Å²) in [5.41, 5.74) is 2.48. The molecule has 0 aliphatic rings. The van der Waals surface area contributed by atoms with Gasteiger partial charge in [-0.05, 0) is 25.1 Å². The second-order valence-corrected chi connectivity index (χ2v) is 6.61. The molecule has 2 aromatic rings. The van der Waals surface area contributed by atoms with Gasteiger partial charge in [-0.3, -0.25) is 0 Å². The molecule has 0 saturated heterocycles. The fraction of sp³-hybridized carbons (Fsp3) is 0.400. The van der Waals surface area contributed by atoms with E-state index in [0.29, 0.717) is 0 Å². The van der Waals surface area contributed by atoms with E-state index in [1.54, 1.807) is 11.3 Å². The van der Waals surface area contributed by atoms with Crippen LogP contribution in [0.25, 0.3) is 0 Å². The SMILES string of the molecule is CCc1nc(N(C)Cc2ccccc2Br)sc1CNC. The fourth-order valence-electron chi connectivity index (χ4n) is 2.06. The van der Waals surface area contributed by atoms with E-state index in [1.807, 2.05) is 13.1 Å². The Balaban J connectivity index is 2.17. The minimum absolute atomic E-state index is 0.858. The molecule has 1 heterocycles. The Morgan fingerprint density at radius 2 is 2.10 bits per heavy atom. The number of aromatic nitrogens is 1. The van der Waals surface area contributed by atoms with Crippen LogP contribution in [-0.2, 0) is 19.5 Å². The predicted molar refractivity (Wildman–Crippen MR) is 90.5 cm³/mol. The number of halogens is 1. The van der Waals surface area contributed by atoms with E-state index in [9.17, 15) is 0 Å². The Bertz CT molecular complexity index is 568. The van der Waals surface area contributed by atoms with Gasteiger partial charge in [0.1, 0.15) is 0 Å². The van der Waals surface area contributed by atoms with Crippen LogP contribution < -0.4 is 10.2 Å². The number of nitrogens with zero attached hydrogens (tertiary/aromatic N) is 2. The van der Waals surface area contributed by atoms with E-state index in [0.717, 1.165) is 29.1 Å². The zero-order valence-electron chi connectivity index (χ0n) is 12.1. The van der Waals surface area contributed by atoms with Gasteiger partial charge in [-0.2, -0.15) is 0 Å². The highest BCUT2D eigenvalue weighted by molar-refractivity contribution is 9.10. The van der Waals surface area contributed by atoms with Gasteiger partial charge in [0.05, 0.1) is 5.69 Å². The highest BCUT2D eigenvalue weighted by atomic mass is 79.9. The minimum Gasteiger partial charge on any atom is -0.347 e. The maximum absolute atomic E-state index is 4.76. The zero-order chi connectivity index (χ0) is 14.5. The van der Waals surface area contributed by atoms with Crippen LogP contribution in [0.15, 0.2) is 28.7 Å². The lowest BCUT2D eigenvalue weighted by molar-refractivity contribution is 0.813. The van der Waals surface area contributed by atoms with Crippen LogP contribution in [0.3, 0.4) is 0 Å². The predicted octanol–water partition coefficient (Wildman–Crippen LogP) is 3.82. The topological polar surface area (TPSA) is 28.2 Å². The quantitative estimate of drug-likeness (QED) is 0.855.